The molecule has 8 nitrogen and oxygen atoms in total. The van der Waals surface area contributed by atoms with Gasteiger partial charge in [-0.25, -0.2) is 0 Å². The largest absolute Gasteiger partial charge is 0.349 e. The van der Waals surface area contributed by atoms with Gasteiger partial charge in [0.1, 0.15) is 0 Å². The number of hydrogen-bond acceptors (Lipinski definition) is 6. The molecule has 1 saturated heterocycles. The quantitative estimate of drug-likeness (QED) is 0.610. The van der Waals surface area contributed by atoms with Crippen LogP contribution < -0.4 is 5.32 Å². The molecule has 4 rings (SSSR count). The van der Waals surface area contributed by atoms with Crippen molar-refractivity contribution in [1.82, 2.24) is 30.4 Å². The van der Waals surface area contributed by atoms with Crippen LogP contribution in [-0.2, 0) is 4.79 Å². The Hall–Kier alpha value is -2.78. The third-order valence-electron chi connectivity index (χ3n) is 5.41. The third kappa shape index (κ3) is 4.94. The van der Waals surface area contributed by atoms with Crippen LogP contribution in [0.4, 0.5) is 0 Å². The van der Waals surface area contributed by atoms with Crippen molar-refractivity contribution in [3.05, 3.63) is 51.7 Å². The number of benzene rings is 1. The summed E-state index contributed by atoms with van der Waals surface area (Å²) < 4.78 is 0. The molecule has 2 amide bonds. The molecule has 1 unspecified atom stereocenters. The summed E-state index contributed by atoms with van der Waals surface area (Å²) in [5.41, 5.74) is 1.48. The van der Waals surface area contributed by atoms with E-state index in [1.54, 1.807) is 12.1 Å². The van der Waals surface area contributed by atoms with Crippen LogP contribution in [0.1, 0.15) is 42.6 Å². The van der Waals surface area contributed by atoms with Crippen LogP contribution in [0.25, 0.3) is 11.4 Å². The van der Waals surface area contributed by atoms with E-state index in [1.165, 1.54) is 16.1 Å². The summed E-state index contributed by atoms with van der Waals surface area (Å²) in [7, 11) is 0. The molecule has 0 aliphatic carbocycles. The van der Waals surface area contributed by atoms with E-state index in [9.17, 15) is 9.59 Å². The summed E-state index contributed by atoms with van der Waals surface area (Å²) in [6.07, 6.45) is 2.00. The van der Waals surface area contributed by atoms with Gasteiger partial charge in [-0.2, -0.15) is 16.1 Å². The number of nitrogens with one attached hydrogen (secondary N) is 1. The average Bonchev–Trinajstić information content (AvgIpc) is 3.48. The molecule has 0 radical (unpaired) electrons. The molecule has 1 aliphatic heterocycles. The molecule has 1 atom stereocenters. The van der Waals surface area contributed by atoms with Gasteiger partial charge in [0.2, 0.25) is 11.7 Å². The van der Waals surface area contributed by atoms with Crippen molar-refractivity contribution in [2.45, 2.75) is 38.3 Å². The second-order valence-corrected chi connectivity index (χ2v) is 8.67. The van der Waals surface area contributed by atoms with Gasteiger partial charge in [-0.3, -0.25) is 9.59 Å². The number of carbonyl (C=O) groups excluding carboxylic acids is 2. The first-order valence-electron chi connectivity index (χ1n) is 10.2. The zero-order valence-electron chi connectivity index (χ0n) is 17.1. The lowest BCUT2D eigenvalue weighted by Crippen LogP contribution is -2.48. The van der Waals surface area contributed by atoms with Gasteiger partial charge in [0.05, 0.1) is 0 Å². The number of piperidine rings is 1. The number of aromatic nitrogens is 4. The maximum absolute atomic E-state index is 13.1. The molecule has 1 aromatic carbocycles. The minimum atomic E-state index is -0.509. The molecule has 31 heavy (non-hydrogen) atoms. The number of thiophene rings is 1. The smallest absolute Gasteiger partial charge is 0.252 e. The van der Waals surface area contributed by atoms with Gasteiger partial charge in [-0.15, -0.1) is 10.2 Å². The topological polar surface area (TPSA) is 93.0 Å². The maximum Gasteiger partial charge on any atom is 0.252 e. The van der Waals surface area contributed by atoms with Crippen LogP contribution in [0.3, 0.4) is 0 Å². The van der Waals surface area contributed by atoms with Crippen LogP contribution in [0.15, 0.2) is 41.1 Å². The van der Waals surface area contributed by atoms with Gasteiger partial charge in [-0.1, -0.05) is 18.5 Å². The Morgan fingerprint density at radius 3 is 2.61 bits per heavy atom. The lowest BCUT2D eigenvalue weighted by atomic mass is 10.0. The third-order valence-corrected chi connectivity index (χ3v) is 6.34. The number of hydrogen-bond donors (Lipinski definition) is 1. The predicted molar refractivity (Wildman–Crippen MR) is 119 cm³/mol. The van der Waals surface area contributed by atoms with E-state index in [2.05, 4.69) is 20.7 Å². The van der Waals surface area contributed by atoms with E-state index in [0.29, 0.717) is 35.9 Å². The molecule has 0 saturated carbocycles. The molecule has 0 spiro atoms. The van der Waals surface area contributed by atoms with Gasteiger partial charge in [0.25, 0.3) is 5.91 Å². The summed E-state index contributed by atoms with van der Waals surface area (Å²) in [5, 5.41) is 20.1. The van der Waals surface area contributed by atoms with Crippen LogP contribution in [0.2, 0.25) is 5.02 Å². The van der Waals surface area contributed by atoms with Gasteiger partial charge in [0, 0.05) is 40.7 Å². The number of nitrogens with zero attached hydrogens (tertiary/aromatic N) is 5. The molecule has 162 valence electrons. The summed E-state index contributed by atoms with van der Waals surface area (Å²) in [6.45, 7) is 3.10. The van der Waals surface area contributed by atoms with E-state index >= 15 is 0 Å². The monoisotopic (exact) mass is 458 g/mol. The Kier molecular flexibility index (Phi) is 6.62. The highest BCUT2D eigenvalue weighted by Crippen LogP contribution is 2.21. The van der Waals surface area contributed by atoms with E-state index < -0.39 is 6.04 Å². The summed E-state index contributed by atoms with van der Waals surface area (Å²) in [4.78, 5) is 28.6. The fraction of sp³-hybridized carbons (Fsp3) is 0.381. The molecule has 10 heteroatoms. The molecule has 1 fully saturated rings. The first kappa shape index (κ1) is 21.5. The van der Waals surface area contributed by atoms with Crippen LogP contribution >= 0.6 is 22.9 Å². The Labute approximate surface area is 189 Å². The van der Waals surface area contributed by atoms with Crippen LogP contribution in [0, 0.1) is 0 Å². The minimum Gasteiger partial charge on any atom is -0.349 e. The normalized spacial score (nSPS) is 15.6. The summed E-state index contributed by atoms with van der Waals surface area (Å²) >= 11 is 7.43. The van der Waals surface area contributed by atoms with Gasteiger partial charge in [0.15, 0.2) is 6.04 Å². The fourth-order valence-electron chi connectivity index (χ4n) is 3.63. The van der Waals surface area contributed by atoms with Crippen LogP contribution in [-0.4, -0.2) is 56.1 Å². The number of rotatable bonds is 6. The van der Waals surface area contributed by atoms with E-state index in [-0.39, 0.29) is 17.9 Å². The molecular formula is C21H23ClN6O2S. The Bertz CT molecular complexity index is 1030. The Morgan fingerprint density at radius 1 is 1.23 bits per heavy atom. The van der Waals surface area contributed by atoms with Crippen molar-refractivity contribution < 1.29 is 9.59 Å². The molecule has 1 aliphatic rings. The fourth-order valence-corrected chi connectivity index (χ4v) is 4.39. The van der Waals surface area contributed by atoms with Gasteiger partial charge < -0.3 is 10.2 Å². The standard InChI is InChI=1S/C21H23ClN6O2S/c1-2-18(28-25-19(24-26-28)14-3-5-16(22)6-4-14)21(30)27-10-7-17(8-11-27)23-20(29)15-9-12-31-13-15/h3-6,9,12-13,17-18H,2,7-8,10-11H2,1H3,(H,23,29). The molecule has 1 N–H and O–H groups in total. The first-order chi connectivity index (χ1) is 15.0. The van der Waals surface area contributed by atoms with Crippen molar-refractivity contribution in [3.63, 3.8) is 0 Å². The highest BCUT2D eigenvalue weighted by molar-refractivity contribution is 7.08. The number of likely N-dealkylation sites (tertiary alicyclic amines) is 1. The van der Waals surface area contributed by atoms with E-state index in [4.69, 9.17) is 11.6 Å². The highest BCUT2D eigenvalue weighted by atomic mass is 35.5. The number of amides is 2. The highest BCUT2D eigenvalue weighted by Gasteiger charge is 2.30. The number of tetrazole rings is 1. The lowest BCUT2D eigenvalue weighted by molar-refractivity contribution is -0.136. The van der Waals surface area contributed by atoms with Crippen molar-refractivity contribution in [2.24, 2.45) is 0 Å². The number of halogens is 1. The molecule has 3 heterocycles. The average molecular weight is 459 g/mol. The second-order valence-electron chi connectivity index (χ2n) is 7.45. The SMILES string of the molecule is CCC(C(=O)N1CCC(NC(=O)c2ccsc2)CC1)n1nnc(-c2ccc(Cl)cc2)n1. The Balaban J connectivity index is 1.36. The van der Waals surface area contributed by atoms with Crippen molar-refractivity contribution in [1.29, 1.82) is 0 Å². The van der Waals surface area contributed by atoms with Crippen molar-refractivity contribution >= 4 is 34.8 Å². The molecule has 3 aromatic rings. The molecular weight excluding hydrogens is 436 g/mol. The van der Waals surface area contributed by atoms with Crippen molar-refractivity contribution in [2.75, 3.05) is 13.1 Å². The van der Waals surface area contributed by atoms with Crippen LogP contribution in [0.5, 0.6) is 0 Å². The van der Waals surface area contributed by atoms with E-state index in [1.807, 2.05) is 40.8 Å². The Morgan fingerprint density at radius 2 is 1.97 bits per heavy atom. The summed E-state index contributed by atoms with van der Waals surface area (Å²) in [6, 6.07) is 8.54. The molecule has 0 bridgehead atoms. The zero-order chi connectivity index (χ0) is 21.8. The number of carbonyl (C=O) groups is 2. The van der Waals surface area contributed by atoms with Crippen molar-refractivity contribution in [3.8, 4) is 11.4 Å². The maximum atomic E-state index is 13.1. The summed E-state index contributed by atoms with van der Waals surface area (Å²) in [5.74, 6) is 0.377. The molecule has 2 aromatic heterocycles. The first-order valence-corrected chi connectivity index (χ1v) is 11.5. The second kappa shape index (κ2) is 9.57. The van der Waals surface area contributed by atoms with Gasteiger partial charge >= 0.3 is 0 Å². The lowest BCUT2D eigenvalue weighted by Gasteiger charge is -2.34. The predicted octanol–water partition coefficient (Wildman–Crippen LogP) is 3.43. The van der Waals surface area contributed by atoms with E-state index in [0.717, 1.165) is 18.4 Å². The van der Waals surface area contributed by atoms with Gasteiger partial charge in [-0.05, 0) is 60.2 Å². The zero-order valence-corrected chi connectivity index (χ0v) is 18.6. The minimum absolute atomic E-state index is 0.0230.